The van der Waals surface area contributed by atoms with Gasteiger partial charge in [0.15, 0.2) is 0 Å². The van der Waals surface area contributed by atoms with Gasteiger partial charge in [-0.15, -0.1) is 0 Å². The fraction of sp³-hybridized carbons (Fsp3) is 0.333. The number of hydrogen-bond donors (Lipinski definition) is 1. The van der Waals surface area contributed by atoms with Crippen molar-refractivity contribution in [2.45, 2.75) is 13.0 Å². The molecule has 0 saturated carbocycles. The molecule has 2 aromatic rings. The summed E-state index contributed by atoms with van der Waals surface area (Å²) in [4.78, 5) is 14.3. The van der Waals surface area contributed by atoms with Gasteiger partial charge in [0.25, 0.3) is 5.91 Å². The van der Waals surface area contributed by atoms with Crippen molar-refractivity contribution in [1.82, 2.24) is 9.78 Å². The van der Waals surface area contributed by atoms with E-state index in [4.69, 9.17) is 4.74 Å². The molecule has 0 unspecified atom stereocenters. The van der Waals surface area contributed by atoms with Crippen LogP contribution >= 0.6 is 0 Å². The molecule has 3 rings (SSSR count). The van der Waals surface area contributed by atoms with Gasteiger partial charge < -0.3 is 14.7 Å². The highest BCUT2D eigenvalue weighted by molar-refractivity contribution is 6.07. The molecule has 1 aromatic heterocycles. The number of anilines is 1. The van der Waals surface area contributed by atoms with Gasteiger partial charge >= 0.3 is 0 Å². The van der Waals surface area contributed by atoms with E-state index in [9.17, 15) is 9.90 Å². The Morgan fingerprint density at radius 2 is 2.19 bits per heavy atom. The van der Waals surface area contributed by atoms with Gasteiger partial charge in [-0.1, -0.05) is 18.2 Å². The van der Waals surface area contributed by atoms with Crippen LogP contribution in [0.3, 0.4) is 0 Å². The van der Waals surface area contributed by atoms with E-state index in [1.165, 1.54) is 11.1 Å². The number of aryl methyl sites for hydroxylation is 1. The number of hydrogen-bond acceptors (Lipinski definition) is 4. The molecule has 0 bridgehead atoms. The quantitative estimate of drug-likeness (QED) is 0.920. The fourth-order valence-electron chi connectivity index (χ4n) is 2.42. The number of aromatic nitrogens is 2. The van der Waals surface area contributed by atoms with Gasteiger partial charge in [-0.2, -0.15) is 5.10 Å². The van der Waals surface area contributed by atoms with E-state index >= 15 is 0 Å². The zero-order chi connectivity index (χ0) is 14.7. The normalized spacial score (nSPS) is 13.4. The van der Waals surface area contributed by atoms with Gasteiger partial charge in [0.1, 0.15) is 5.56 Å². The van der Waals surface area contributed by atoms with Crippen molar-refractivity contribution in [3.05, 3.63) is 42.1 Å². The Balaban J connectivity index is 1.93. The second-order valence-electron chi connectivity index (χ2n) is 4.80. The number of aliphatic hydroxyl groups excluding tert-OH is 1. The highest BCUT2D eigenvalue weighted by Crippen LogP contribution is 2.25. The summed E-state index contributed by atoms with van der Waals surface area (Å²) in [5.41, 5.74) is 1.18. The van der Waals surface area contributed by atoms with Crippen LogP contribution in [0.25, 0.3) is 0 Å². The molecule has 0 saturated heterocycles. The smallest absolute Gasteiger partial charge is 0.265 e. The minimum atomic E-state index is -0.210. The molecule has 1 aliphatic heterocycles. The molecule has 1 aliphatic rings. The Kier molecular flexibility index (Phi) is 3.87. The molecule has 1 N–H and O–H groups in total. The van der Waals surface area contributed by atoms with E-state index in [0.717, 1.165) is 18.7 Å². The van der Waals surface area contributed by atoms with E-state index in [-0.39, 0.29) is 19.1 Å². The lowest BCUT2D eigenvalue weighted by Crippen LogP contribution is -2.34. The van der Waals surface area contributed by atoms with Crippen molar-refractivity contribution in [2.75, 3.05) is 24.7 Å². The third kappa shape index (κ3) is 2.62. The largest absolute Gasteiger partial charge is 0.477 e. The van der Waals surface area contributed by atoms with Crippen molar-refractivity contribution in [1.29, 1.82) is 0 Å². The summed E-state index contributed by atoms with van der Waals surface area (Å²) in [7, 11) is 0. The molecule has 0 fully saturated rings. The first-order valence-corrected chi connectivity index (χ1v) is 6.97. The second-order valence-corrected chi connectivity index (χ2v) is 4.80. The summed E-state index contributed by atoms with van der Waals surface area (Å²) >= 11 is 0. The number of aliphatic hydroxyl groups is 1. The van der Waals surface area contributed by atoms with Gasteiger partial charge in [-0.25, -0.2) is 4.68 Å². The van der Waals surface area contributed by atoms with Crippen LogP contribution in [0.2, 0.25) is 0 Å². The minimum Gasteiger partial charge on any atom is -0.477 e. The van der Waals surface area contributed by atoms with Crippen LogP contribution in [0, 0.1) is 0 Å². The average Bonchev–Trinajstić information content (AvgIpc) is 2.97. The summed E-state index contributed by atoms with van der Waals surface area (Å²) in [5.74, 6) is 0.309. The molecule has 0 spiro atoms. The topological polar surface area (TPSA) is 67.6 Å². The number of amides is 1. The molecule has 110 valence electrons. The summed E-state index contributed by atoms with van der Waals surface area (Å²) < 4.78 is 7.28. The average molecular weight is 287 g/mol. The second kappa shape index (κ2) is 5.97. The lowest BCUT2D eigenvalue weighted by Gasteiger charge is -2.22. The first-order chi connectivity index (χ1) is 10.3. The fourth-order valence-corrected chi connectivity index (χ4v) is 2.42. The first-order valence-electron chi connectivity index (χ1n) is 6.97. The standard InChI is InChI=1S/C15H17N3O3/c19-9-8-17(12-5-2-1-3-6-12)14(20)13-11-16-18-7-4-10-21-15(13)18/h1-3,5-6,11,19H,4,7-10H2. The third-order valence-electron chi connectivity index (χ3n) is 3.41. The molecule has 0 radical (unpaired) electrons. The maximum absolute atomic E-state index is 12.7. The van der Waals surface area contributed by atoms with Crippen LogP contribution in [0.4, 0.5) is 5.69 Å². The number of carbonyl (C=O) groups is 1. The molecular weight excluding hydrogens is 270 g/mol. The predicted molar refractivity (Wildman–Crippen MR) is 77.5 cm³/mol. The summed E-state index contributed by atoms with van der Waals surface area (Å²) in [6, 6.07) is 9.28. The molecular formula is C15H17N3O3. The SMILES string of the molecule is O=C(c1cnn2c1OCCC2)N(CCO)c1ccccc1. The highest BCUT2D eigenvalue weighted by Gasteiger charge is 2.26. The molecule has 6 nitrogen and oxygen atoms in total. The van der Waals surface area contributed by atoms with Crippen molar-refractivity contribution in [3.63, 3.8) is 0 Å². The van der Waals surface area contributed by atoms with Crippen LogP contribution in [-0.2, 0) is 6.54 Å². The number of carbonyl (C=O) groups excluding carboxylic acids is 1. The van der Waals surface area contributed by atoms with Crippen molar-refractivity contribution in [3.8, 4) is 5.88 Å². The molecule has 1 amide bonds. The number of benzene rings is 1. The minimum absolute atomic E-state index is 0.106. The molecule has 2 heterocycles. The monoisotopic (exact) mass is 287 g/mol. The third-order valence-corrected chi connectivity index (χ3v) is 3.41. The molecule has 21 heavy (non-hydrogen) atoms. The van der Waals surface area contributed by atoms with Crippen LogP contribution in [-0.4, -0.2) is 40.6 Å². The van der Waals surface area contributed by atoms with E-state index < -0.39 is 0 Å². The number of para-hydroxylation sites is 1. The lowest BCUT2D eigenvalue weighted by atomic mass is 10.2. The summed E-state index contributed by atoms with van der Waals surface area (Å²) in [5, 5.41) is 13.4. The summed E-state index contributed by atoms with van der Waals surface area (Å²) in [6.45, 7) is 1.48. The van der Waals surface area contributed by atoms with Gasteiger partial charge in [0.2, 0.25) is 5.88 Å². The first kappa shape index (κ1) is 13.6. The molecule has 6 heteroatoms. The van der Waals surface area contributed by atoms with Crippen molar-refractivity contribution in [2.24, 2.45) is 0 Å². The Morgan fingerprint density at radius 3 is 2.95 bits per heavy atom. The Morgan fingerprint density at radius 1 is 1.38 bits per heavy atom. The lowest BCUT2D eigenvalue weighted by molar-refractivity contribution is 0.0974. The van der Waals surface area contributed by atoms with E-state index in [2.05, 4.69) is 5.10 Å². The number of ether oxygens (including phenoxy) is 1. The van der Waals surface area contributed by atoms with Crippen LogP contribution in [0.15, 0.2) is 36.5 Å². The Hall–Kier alpha value is -2.34. The number of rotatable bonds is 4. The predicted octanol–water partition coefficient (Wildman–Crippen LogP) is 1.30. The van der Waals surface area contributed by atoms with Gasteiger partial charge in [0, 0.05) is 25.2 Å². The maximum atomic E-state index is 12.7. The van der Waals surface area contributed by atoms with E-state index in [1.807, 2.05) is 30.3 Å². The van der Waals surface area contributed by atoms with Crippen LogP contribution < -0.4 is 9.64 Å². The van der Waals surface area contributed by atoms with Crippen LogP contribution in [0.1, 0.15) is 16.8 Å². The van der Waals surface area contributed by atoms with Crippen LogP contribution in [0.5, 0.6) is 5.88 Å². The van der Waals surface area contributed by atoms with Gasteiger partial charge in [-0.05, 0) is 12.1 Å². The number of nitrogens with zero attached hydrogens (tertiary/aromatic N) is 3. The van der Waals surface area contributed by atoms with Crippen molar-refractivity contribution >= 4 is 11.6 Å². The molecule has 0 atom stereocenters. The van der Waals surface area contributed by atoms with Gasteiger partial charge in [-0.3, -0.25) is 4.79 Å². The zero-order valence-corrected chi connectivity index (χ0v) is 11.6. The highest BCUT2D eigenvalue weighted by atomic mass is 16.5. The Labute approximate surface area is 122 Å². The van der Waals surface area contributed by atoms with Crippen molar-refractivity contribution < 1.29 is 14.6 Å². The zero-order valence-electron chi connectivity index (χ0n) is 11.6. The van der Waals surface area contributed by atoms with Gasteiger partial charge in [0.05, 0.1) is 19.4 Å². The van der Waals surface area contributed by atoms with E-state index in [0.29, 0.717) is 18.1 Å². The number of fused-ring (bicyclic) bond motifs is 1. The maximum Gasteiger partial charge on any atom is 0.265 e. The summed E-state index contributed by atoms with van der Waals surface area (Å²) in [6.07, 6.45) is 2.43. The Bertz CT molecular complexity index is 624. The molecule has 0 aliphatic carbocycles. The molecule has 1 aromatic carbocycles. The van der Waals surface area contributed by atoms with E-state index in [1.54, 1.807) is 4.68 Å².